The van der Waals surface area contributed by atoms with Gasteiger partial charge in [-0.3, -0.25) is 4.79 Å². The fourth-order valence-electron chi connectivity index (χ4n) is 1.28. The first kappa shape index (κ1) is 12.8. The Morgan fingerprint density at radius 2 is 2.31 bits per heavy atom. The van der Waals surface area contributed by atoms with E-state index in [1.54, 1.807) is 6.26 Å². The highest BCUT2D eigenvalue weighted by Gasteiger charge is 2.01. The smallest absolute Gasteiger partial charge is 0.233 e. The maximum Gasteiger partial charge on any atom is 0.233 e. The molecular weight excluding hydrogens is 204 g/mol. The van der Waals surface area contributed by atoms with E-state index in [0.29, 0.717) is 19.0 Å². The van der Waals surface area contributed by atoms with Gasteiger partial charge < -0.3 is 15.1 Å². The second-order valence-corrected chi connectivity index (χ2v) is 4.22. The lowest BCUT2D eigenvalue weighted by molar-refractivity contribution is -0.120. The van der Waals surface area contributed by atoms with Gasteiger partial charge in [-0.05, 0) is 24.5 Å². The molecule has 0 aromatic carbocycles. The van der Waals surface area contributed by atoms with Crippen LogP contribution in [0.25, 0.3) is 0 Å². The van der Waals surface area contributed by atoms with Gasteiger partial charge in [-0.25, -0.2) is 0 Å². The summed E-state index contributed by atoms with van der Waals surface area (Å²) in [5, 5.41) is 5.88. The Balaban J connectivity index is 2.02. The Hall–Kier alpha value is -1.29. The molecule has 4 heteroatoms. The third-order valence-electron chi connectivity index (χ3n) is 2.21. The maximum absolute atomic E-state index is 11.3. The first-order valence-corrected chi connectivity index (χ1v) is 5.68. The van der Waals surface area contributed by atoms with E-state index in [-0.39, 0.29) is 5.91 Å². The molecule has 0 atom stereocenters. The summed E-state index contributed by atoms with van der Waals surface area (Å²) in [7, 11) is 0. The fraction of sp³-hybridized carbons (Fsp3) is 0.583. The molecule has 1 amide bonds. The highest BCUT2D eigenvalue weighted by atomic mass is 16.3. The quantitative estimate of drug-likeness (QED) is 0.738. The van der Waals surface area contributed by atoms with E-state index >= 15 is 0 Å². The van der Waals surface area contributed by atoms with Crippen LogP contribution >= 0.6 is 0 Å². The van der Waals surface area contributed by atoms with Crippen molar-refractivity contribution in [2.24, 2.45) is 5.92 Å². The highest BCUT2D eigenvalue weighted by Crippen LogP contribution is 1.98. The summed E-state index contributed by atoms with van der Waals surface area (Å²) >= 11 is 0. The van der Waals surface area contributed by atoms with Crippen LogP contribution in [0, 0.1) is 5.92 Å². The molecule has 0 radical (unpaired) electrons. The van der Waals surface area contributed by atoms with E-state index in [2.05, 4.69) is 24.5 Å². The van der Waals surface area contributed by atoms with E-state index < -0.39 is 0 Å². The number of rotatable bonds is 7. The Kier molecular flexibility index (Phi) is 5.64. The van der Waals surface area contributed by atoms with Crippen LogP contribution in [0.2, 0.25) is 0 Å². The molecule has 0 aliphatic heterocycles. The second-order valence-electron chi connectivity index (χ2n) is 4.22. The summed E-state index contributed by atoms with van der Waals surface area (Å²) in [5.41, 5.74) is 0. The van der Waals surface area contributed by atoms with E-state index in [9.17, 15) is 4.79 Å². The molecule has 1 rings (SSSR count). The molecule has 2 N–H and O–H groups in total. The summed E-state index contributed by atoms with van der Waals surface area (Å²) in [5.74, 6) is 1.50. The molecule has 90 valence electrons. The number of amides is 1. The van der Waals surface area contributed by atoms with Crippen LogP contribution in [0.5, 0.6) is 0 Å². The number of carbonyl (C=O) groups is 1. The molecule has 0 fully saturated rings. The zero-order chi connectivity index (χ0) is 11.8. The average molecular weight is 224 g/mol. The zero-order valence-electron chi connectivity index (χ0n) is 9.95. The number of nitrogens with one attached hydrogen (secondary N) is 2. The van der Waals surface area contributed by atoms with Crippen molar-refractivity contribution in [2.45, 2.75) is 26.8 Å². The minimum absolute atomic E-state index is 0.0345. The van der Waals surface area contributed by atoms with E-state index in [1.807, 2.05) is 12.1 Å². The SMILES string of the molecule is CC(C)CCNC(=O)CNCc1ccco1. The maximum atomic E-state index is 11.3. The van der Waals surface area contributed by atoms with Crippen LogP contribution in [0.15, 0.2) is 22.8 Å². The van der Waals surface area contributed by atoms with Gasteiger partial charge in [-0.2, -0.15) is 0 Å². The Morgan fingerprint density at radius 3 is 2.94 bits per heavy atom. The molecule has 0 aliphatic carbocycles. The Bertz CT molecular complexity index is 294. The predicted molar refractivity (Wildman–Crippen MR) is 62.9 cm³/mol. The summed E-state index contributed by atoms with van der Waals surface area (Å²) in [6.07, 6.45) is 2.64. The van der Waals surface area contributed by atoms with Gasteiger partial charge in [0.05, 0.1) is 19.4 Å². The van der Waals surface area contributed by atoms with Crippen LogP contribution < -0.4 is 10.6 Å². The van der Waals surface area contributed by atoms with E-state index in [4.69, 9.17) is 4.42 Å². The standard InChI is InChI=1S/C12H20N2O2/c1-10(2)5-6-14-12(15)9-13-8-11-4-3-7-16-11/h3-4,7,10,13H,5-6,8-9H2,1-2H3,(H,14,15). The number of hydrogen-bond acceptors (Lipinski definition) is 3. The third-order valence-corrected chi connectivity index (χ3v) is 2.21. The third kappa shape index (κ3) is 5.56. The van der Waals surface area contributed by atoms with Crippen molar-refractivity contribution >= 4 is 5.91 Å². The van der Waals surface area contributed by atoms with Crippen LogP contribution in [-0.2, 0) is 11.3 Å². The number of hydrogen-bond donors (Lipinski definition) is 2. The molecule has 0 saturated heterocycles. The van der Waals surface area contributed by atoms with Gasteiger partial charge in [0.2, 0.25) is 5.91 Å². The van der Waals surface area contributed by atoms with Gasteiger partial charge in [-0.15, -0.1) is 0 Å². The molecule has 0 unspecified atom stereocenters. The molecule has 0 spiro atoms. The number of furan rings is 1. The van der Waals surface area contributed by atoms with Crippen LogP contribution in [-0.4, -0.2) is 19.0 Å². The van der Waals surface area contributed by atoms with Crippen molar-refractivity contribution in [1.82, 2.24) is 10.6 Å². The lowest BCUT2D eigenvalue weighted by atomic mass is 10.1. The van der Waals surface area contributed by atoms with Crippen LogP contribution in [0.3, 0.4) is 0 Å². The van der Waals surface area contributed by atoms with Gasteiger partial charge >= 0.3 is 0 Å². The summed E-state index contributed by atoms with van der Waals surface area (Å²) in [6.45, 7) is 5.95. The van der Waals surface area contributed by atoms with Crippen molar-refractivity contribution < 1.29 is 9.21 Å². The topological polar surface area (TPSA) is 54.3 Å². The Labute approximate surface area is 96.4 Å². The van der Waals surface area contributed by atoms with Crippen molar-refractivity contribution in [3.05, 3.63) is 24.2 Å². The van der Waals surface area contributed by atoms with Gasteiger partial charge in [0, 0.05) is 6.54 Å². The van der Waals surface area contributed by atoms with Gasteiger partial charge in [0.1, 0.15) is 5.76 Å². The monoisotopic (exact) mass is 224 g/mol. The molecular formula is C12H20N2O2. The van der Waals surface area contributed by atoms with Crippen molar-refractivity contribution in [2.75, 3.05) is 13.1 Å². The fourth-order valence-corrected chi connectivity index (χ4v) is 1.28. The van der Waals surface area contributed by atoms with Crippen LogP contribution in [0.1, 0.15) is 26.0 Å². The summed E-state index contributed by atoms with van der Waals surface area (Å²) < 4.78 is 5.13. The molecule has 1 aromatic heterocycles. The van der Waals surface area contributed by atoms with Gasteiger partial charge in [0.15, 0.2) is 0 Å². The largest absolute Gasteiger partial charge is 0.468 e. The summed E-state index contributed by atoms with van der Waals surface area (Å²) in [4.78, 5) is 11.3. The molecule has 0 aliphatic rings. The zero-order valence-corrected chi connectivity index (χ0v) is 9.95. The molecule has 16 heavy (non-hydrogen) atoms. The van der Waals surface area contributed by atoms with Gasteiger partial charge in [0.25, 0.3) is 0 Å². The van der Waals surface area contributed by atoms with Crippen molar-refractivity contribution in [3.63, 3.8) is 0 Å². The lowest BCUT2D eigenvalue weighted by Gasteiger charge is -2.07. The first-order valence-electron chi connectivity index (χ1n) is 5.68. The average Bonchev–Trinajstić information content (AvgIpc) is 2.70. The molecule has 4 nitrogen and oxygen atoms in total. The lowest BCUT2D eigenvalue weighted by Crippen LogP contribution is -2.34. The van der Waals surface area contributed by atoms with Crippen LogP contribution in [0.4, 0.5) is 0 Å². The number of carbonyl (C=O) groups excluding carboxylic acids is 1. The van der Waals surface area contributed by atoms with Crippen molar-refractivity contribution in [3.8, 4) is 0 Å². The Morgan fingerprint density at radius 1 is 1.50 bits per heavy atom. The normalized spacial score (nSPS) is 10.7. The molecule has 1 aromatic rings. The van der Waals surface area contributed by atoms with E-state index in [1.165, 1.54) is 0 Å². The molecule has 0 saturated carbocycles. The van der Waals surface area contributed by atoms with Gasteiger partial charge in [-0.1, -0.05) is 13.8 Å². The molecule has 1 heterocycles. The predicted octanol–water partition coefficient (Wildman–Crippen LogP) is 1.53. The van der Waals surface area contributed by atoms with Crippen molar-refractivity contribution in [1.29, 1.82) is 0 Å². The minimum atomic E-state index is 0.0345. The molecule has 0 bridgehead atoms. The van der Waals surface area contributed by atoms with E-state index in [0.717, 1.165) is 18.7 Å². The second kappa shape index (κ2) is 7.06. The first-order chi connectivity index (χ1) is 7.68. The minimum Gasteiger partial charge on any atom is -0.468 e. The summed E-state index contributed by atoms with van der Waals surface area (Å²) in [6, 6.07) is 3.71. The highest BCUT2D eigenvalue weighted by molar-refractivity contribution is 5.77.